The minimum Gasteiger partial charge on any atom is -0.326 e. The molecule has 5 rings (SSSR count). The Kier molecular flexibility index (Phi) is 5.85. The number of pyridine rings is 1. The van der Waals surface area contributed by atoms with Gasteiger partial charge in [0.1, 0.15) is 0 Å². The van der Waals surface area contributed by atoms with Crippen LogP contribution in [-0.4, -0.2) is 26.5 Å². The lowest BCUT2D eigenvalue weighted by atomic mass is 9.79. The van der Waals surface area contributed by atoms with Crippen LogP contribution in [0.4, 0.5) is 5.69 Å². The van der Waals surface area contributed by atoms with E-state index in [4.69, 9.17) is 0 Å². The molecule has 1 saturated heterocycles. The molecule has 3 aliphatic rings. The van der Waals surface area contributed by atoms with Crippen molar-refractivity contribution in [1.29, 1.82) is 0 Å². The number of carbonyl (C=O) groups excluding carboxylic acids is 1. The molecule has 2 aliphatic carbocycles. The first-order valence-corrected chi connectivity index (χ1v) is 13.4. The maximum absolute atomic E-state index is 12.9. The summed E-state index contributed by atoms with van der Waals surface area (Å²) in [4.78, 5) is 18.3. The van der Waals surface area contributed by atoms with Gasteiger partial charge in [0, 0.05) is 46.2 Å². The molecule has 2 aromatic rings. The van der Waals surface area contributed by atoms with E-state index in [9.17, 15) is 4.79 Å². The van der Waals surface area contributed by atoms with Crippen molar-refractivity contribution in [2.75, 3.05) is 16.8 Å². The summed E-state index contributed by atoms with van der Waals surface area (Å²) < 4.78 is 0.448. The molecule has 152 valence electrons. The van der Waals surface area contributed by atoms with E-state index >= 15 is 0 Å². The molecule has 2 bridgehead atoms. The second kappa shape index (κ2) is 8.56. The van der Waals surface area contributed by atoms with Crippen LogP contribution < -0.4 is 5.32 Å². The van der Waals surface area contributed by atoms with E-state index in [0.717, 1.165) is 36.1 Å². The van der Waals surface area contributed by atoms with Gasteiger partial charge in [0.2, 0.25) is 5.91 Å². The number of benzene rings is 1. The molecule has 3 fully saturated rings. The molecule has 2 saturated carbocycles. The molecule has 1 aliphatic heterocycles. The van der Waals surface area contributed by atoms with Crippen LogP contribution in [-0.2, 0) is 10.5 Å². The van der Waals surface area contributed by atoms with Crippen molar-refractivity contribution in [3.05, 3.63) is 54.4 Å². The maximum Gasteiger partial charge on any atom is 0.227 e. The lowest BCUT2D eigenvalue weighted by Crippen LogP contribution is -2.41. The third kappa shape index (κ3) is 4.08. The Balaban J connectivity index is 1.16. The minimum atomic E-state index is 0.180. The molecule has 3 nitrogen and oxygen atoms in total. The van der Waals surface area contributed by atoms with E-state index in [1.807, 2.05) is 24.4 Å². The summed E-state index contributed by atoms with van der Waals surface area (Å²) in [5, 5.41) is 3.19. The summed E-state index contributed by atoms with van der Waals surface area (Å²) in [5.41, 5.74) is 2.14. The summed E-state index contributed by atoms with van der Waals surface area (Å²) in [6.45, 7) is 0. The van der Waals surface area contributed by atoms with Crippen molar-refractivity contribution in [1.82, 2.24) is 4.98 Å². The molecule has 1 aromatic carbocycles. The van der Waals surface area contributed by atoms with Gasteiger partial charge in [0.25, 0.3) is 0 Å². The van der Waals surface area contributed by atoms with Crippen LogP contribution in [0.15, 0.2) is 53.7 Å². The van der Waals surface area contributed by atoms with Gasteiger partial charge in [-0.3, -0.25) is 9.78 Å². The normalized spacial score (nSPS) is 27.2. The van der Waals surface area contributed by atoms with Crippen molar-refractivity contribution in [2.45, 2.75) is 40.4 Å². The molecule has 6 heteroatoms. The van der Waals surface area contributed by atoms with Crippen LogP contribution in [0.25, 0.3) is 0 Å². The number of amides is 1. The van der Waals surface area contributed by atoms with Crippen LogP contribution in [0.1, 0.15) is 31.2 Å². The first kappa shape index (κ1) is 19.8. The molecule has 2 heterocycles. The topological polar surface area (TPSA) is 42.0 Å². The van der Waals surface area contributed by atoms with Crippen LogP contribution in [0.2, 0.25) is 0 Å². The standard InChI is InChI=1S/C23H26N2OS3/c26-22(17-12-18-3-4-19(13-17)23(18)28-10-11-29-23)25-20-5-7-21(8-6-20)27-15-16-2-1-9-24-14-16/h1-2,5-9,14,17-19H,3-4,10-13,15H2,(H,25,26). The van der Waals surface area contributed by atoms with E-state index in [0.29, 0.717) is 4.08 Å². The lowest BCUT2D eigenvalue weighted by molar-refractivity contribution is -0.121. The Labute approximate surface area is 185 Å². The van der Waals surface area contributed by atoms with E-state index in [1.54, 1.807) is 18.0 Å². The van der Waals surface area contributed by atoms with Gasteiger partial charge < -0.3 is 5.32 Å². The molecule has 1 amide bonds. The SMILES string of the molecule is O=C(Nc1ccc(SCc2cccnc2)cc1)C1CC2CCC(C1)C21SCCS1. The summed E-state index contributed by atoms with van der Waals surface area (Å²) in [7, 11) is 0. The highest BCUT2D eigenvalue weighted by Crippen LogP contribution is 2.65. The second-order valence-corrected chi connectivity index (χ2v) is 12.3. The lowest BCUT2D eigenvalue weighted by Gasteiger charge is -2.42. The number of rotatable bonds is 5. The molecular weight excluding hydrogens is 416 g/mol. The first-order chi connectivity index (χ1) is 14.2. The van der Waals surface area contributed by atoms with Gasteiger partial charge in [0.15, 0.2) is 0 Å². The zero-order valence-electron chi connectivity index (χ0n) is 16.4. The monoisotopic (exact) mass is 442 g/mol. The zero-order valence-corrected chi connectivity index (χ0v) is 18.8. The van der Waals surface area contributed by atoms with Crippen molar-refractivity contribution < 1.29 is 4.79 Å². The Morgan fingerprint density at radius 3 is 2.48 bits per heavy atom. The van der Waals surface area contributed by atoms with Gasteiger partial charge in [-0.25, -0.2) is 0 Å². The Hall–Kier alpha value is -1.11. The average molecular weight is 443 g/mol. The number of hydrogen-bond acceptors (Lipinski definition) is 5. The van der Waals surface area contributed by atoms with Crippen molar-refractivity contribution >= 4 is 46.9 Å². The predicted molar refractivity (Wildman–Crippen MR) is 125 cm³/mol. The van der Waals surface area contributed by atoms with Crippen LogP contribution in [0.3, 0.4) is 0 Å². The third-order valence-electron chi connectivity index (χ3n) is 6.50. The van der Waals surface area contributed by atoms with Crippen molar-refractivity contribution in [3.63, 3.8) is 0 Å². The van der Waals surface area contributed by atoms with Gasteiger partial charge in [-0.15, -0.1) is 35.3 Å². The predicted octanol–water partition coefficient (Wildman–Crippen LogP) is 5.92. The highest BCUT2D eigenvalue weighted by molar-refractivity contribution is 8.21. The number of nitrogens with one attached hydrogen (secondary N) is 1. The largest absolute Gasteiger partial charge is 0.326 e. The Morgan fingerprint density at radius 1 is 1.10 bits per heavy atom. The smallest absolute Gasteiger partial charge is 0.227 e. The summed E-state index contributed by atoms with van der Waals surface area (Å²) in [5.74, 6) is 5.34. The Morgan fingerprint density at radius 2 is 1.83 bits per heavy atom. The van der Waals surface area contributed by atoms with Gasteiger partial charge in [-0.1, -0.05) is 6.07 Å². The first-order valence-electron chi connectivity index (χ1n) is 10.4. The average Bonchev–Trinajstić information content (AvgIpc) is 3.29. The summed E-state index contributed by atoms with van der Waals surface area (Å²) in [6.07, 6.45) is 8.48. The molecule has 2 unspecified atom stereocenters. The molecule has 0 radical (unpaired) electrons. The van der Waals surface area contributed by atoms with E-state index < -0.39 is 0 Å². The number of anilines is 1. The van der Waals surface area contributed by atoms with Crippen LogP contribution >= 0.6 is 35.3 Å². The highest BCUT2D eigenvalue weighted by atomic mass is 32.2. The van der Waals surface area contributed by atoms with Gasteiger partial charge in [-0.05, 0) is 73.4 Å². The molecule has 29 heavy (non-hydrogen) atoms. The third-order valence-corrected chi connectivity index (χ3v) is 11.6. The number of nitrogens with zero attached hydrogens (tertiary/aromatic N) is 1. The van der Waals surface area contributed by atoms with Gasteiger partial charge in [-0.2, -0.15) is 0 Å². The fourth-order valence-electron chi connectivity index (χ4n) is 5.14. The van der Waals surface area contributed by atoms with E-state index in [1.165, 1.54) is 34.8 Å². The van der Waals surface area contributed by atoms with E-state index in [2.05, 4.69) is 52.0 Å². The zero-order chi connectivity index (χ0) is 19.7. The number of aromatic nitrogens is 1. The van der Waals surface area contributed by atoms with Crippen LogP contribution in [0.5, 0.6) is 0 Å². The van der Waals surface area contributed by atoms with Crippen LogP contribution in [0, 0.1) is 17.8 Å². The van der Waals surface area contributed by atoms with E-state index in [-0.39, 0.29) is 11.8 Å². The van der Waals surface area contributed by atoms with Gasteiger partial charge >= 0.3 is 0 Å². The molecule has 1 N–H and O–H groups in total. The van der Waals surface area contributed by atoms with Gasteiger partial charge in [0.05, 0.1) is 4.08 Å². The second-order valence-electron chi connectivity index (χ2n) is 8.22. The fraction of sp³-hybridized carbons (Fsp3) is 0.478. The molecule has 1 spiro atoms. The summed E-state index contributed by atoms with van der Waals surface area (Å²) >= 11 is 6.17. The molecular formula is C23H26N2OS3. The highest BCUT2D eigenvalue weighted by Gasteiger charge is 2.57. The number of carbonyl (C=O) groups is 1. The fourth-order valence-corrected chi connectivity index (χ4v) is 9.91. The molecule has 2 atom stereocenters. The summed E-state index contributed by atoms with van der Waals surface area (Å²) in [6, 6.07) is 12.3. The Bertz CT molecular complexity index is 836. The van der Waals surface area contributed by atoms with Crippen molar-refractivity contribution in [2.24, 2.45) is 17.8 Å². The molecule has 1 aromatic heterocycles. The number of thioether (sulfide) groups is 3. The van der Waals surface area contributed by atoms with Crippen molar-refractivity contribution in [3.8, 4) is 0 Å². The minimum absolute atomic E-state index is 0.180. The quantitative estimate of drug-likeness (QED) is 0.582. The maximum atomic E-state index is 12.9. The number of hydrogen-bond donors (Lipinski definition) is 1.